The fourth-order valence-electron chi connectivity index (χ4n) is 3.06. The van der Waals surface area contributed by atoms with Crippen molar-refractivity contribution in [2.75, 3.05) is 12.1 Å². The number of benzene rings is 2. The van der Waals surface area contributed by atoms with Crippen LogP contribution in [0.3, 0.4) is 0 Å². The van der Waals surface area contributed by atoms with Gasteiger partial charge in [-0.15, -0.1) is 0 Å². The third kappa shape index (κ3) is 5.03. The van der Waals surface area contributed by atoms with E-state index in [0.717, 1.165) is 0 Å². The Bertz CT molecular complexity index is 1120. The average Bonchev–Trinajstić information content (AvgIpc) is 3.02. The van der Waals surface area contributed by atoms with E-state index in [4.69, 9.17) is 14.2 Å². The molecule has 0 bridgehead atoms. The number of carbonyl (C=O) groups excluding carboxylic acids is 3. The van der Waals surface area contributed by atoms with Crippen molar-refractivity contribution in [3.8, 4) is 11.5 Å². The summed E-state index contributed by atoms with van der Waals surface area (Å²) in [6.45, 7) is 6.60. The van der Waals surface area contributed by atoms with Crippen LogP contribution in [-0.4, -0.2) is 36.8 Å². The van der Waals surface area contributed by atoms with E-state index in [9.17, 15) is 14.4 Å². The fourth-order valence-corrected chi connectivity index (χ4v) is 3.06. The second-order valence-electron chi connectivity index (χ2n) is 7.37. The summed E-state index contributed by atoms with van der Waals surface area (Å²) in [6.07, 6.45) is 1.47. The van der Waals surface area contributed by atoms with Crippen LogP contribution in [0.2, 0.25) is 0 Å². The van der Waals surface area contributed by atoms with Crippen molar-refractivity contribution < 1.29 is 28.6 Å². The molecule has 0 saturated heterocycles. The van der Waals surface area contributed by atoms with Gasteiger partial charge in [-0.2, -0.15) is 10.1 Å². The van der Waals surface area contributed by atoms with Crippen LogP contribution in [0, 0.1) is 0 Å². The van der Waals surface area contributed by atoms with Gasteiger partial charge in [-0.05, 0) is 68.8 Å². The first-order valence-electron chi connectivity index (χ1n) is 9.99. The highest BCUT2D eigenvalue weighted by molar-refractivity contribution is 6.32. The molecular formula is C24H24N2O6. The van der Waals surface area contributed by atoms with E-state index >= 15 is 0 Å². The molecule has 2 aromatic carbocycles. The summed E-state index contributed by atoms with van der Waals surface area (Å²) >= 11 is 0. The monoisotopic (exact) mass is 436 g/mol. The molecule has 0 saturated carbocycles. The number of methoxy groups -OCH3 is 1. The van der Waals surface area contributed by atoms with Gasteiger partial charge in [0.25, 0.3) is 5.91 Å². The van der Waals surface area contributed by atoms with Crippen LogP contribution in [0.25, 0.3) is 6.08 Å². The SMILES string of the molecule is COc1cc(/C=C2\C(=O)N(c3ccc(C(=O)OC(C)C)cc3)N=C2C)ccc1OC(C)=O. The predicted molar refractivity (Wildman–Crippen MR) is 120 cm³/mol. The van der Waals surface area contributed by atoms with Crippen LogP contribution >= 0.6 is 0 Å². The van der Waals surface area contributed by atoms with Crippen LogP contribution in [0.5, 0.6) is 11.5 Å². The highest BCUT2D eigenvalue weighted by Gasteiger charge is 2.29. The van der Waals surface area contributed by atoms with Crippen molar-refractivity contribution >= 4 is 35.3 Å². The van der Waals surface area contributed by atoms with Gasteiger partial charge in [0.1, 0.15) is 0 Å². The molecule has 1 aliphatic rings. The maximum absolute atomic E-state index is 13.0. The fraction of sp³-hybridized carbons (Fsp3) is 0.250. The third-order valence-electron chi connectivity index (χ3n) is 4.51. The molecule has 1 aliphatic heterocycles. The maximum atomic E-state index is 13.0. The second-order valence-corrected chi connectivity index (χ2v) is 7.37. The second kappa shape index (κ2) is 9.47. The highest BCUT2D eigenvalue weighted by atomic mass is 16.6. The number of hydrazone groups is 1. The van der Waals surface area contributed by atoms with Crippen molar-refractivity contribution in [2.45, 2.75) is 33.8 Å². The molecule has 8 heteroatoms. The van der Waals surface area contributed by atoms with Crippen LogP contribution in [0.15, 0.2) is 53.1 Å². The topological polar surface area (TPSA) is 94.5 Å². The molecule has 1 heterocycles. The van der Waals surface area contributed by atoms with E-state index in [2.05, 4.69) is 5.10 Å². The number of esters is 2. The first-order valence-corrected chi connectivity index (χ1v) is 9.99. The van der Waals surface area contributed by atoms with E-state index in [1.165, 1.54) is 19.0 Å². The number of carbonyl (C=O) groups is 3. The number of hydrogen-bond donors (Lipinski definition) is 0. The smallest absolute Gasteiger partial charge is 0.338 e. The summed E-state index contributed by atoms with van der Waals surface area (Å²) in [4.78, 5) is 36.2. The van der Waals surface area contributed by atoms with Crippen molar-refractivity contribution in [1.29, 1.82) is 0 Å². The summed E-state index contributed by atoms with van der Waals surface area (Å²) in [5.74, 6) is -0.519. The quantitative estimate of drug-likeness (QED) is 0.386. The molecule has 1 amide bonds. The normalized spacial score (nSPS) is 14.6. The van der Waals surface area contributed by atoms with Gasteiger partial charge in [0.05, 0.1) is 35.7 Å². The number of anilines is 1. The van der Waals surface area contributed by atoms with Gasteiger partial charge in [0.15, 0.2) is 11.5 Å². The molecule has 0 N–H and O–H groups in total. The van der Waals surface area contributed by atoms with Gasteiger partial charge < -0.3 is 14.2 Å². The van der Waals surface area contributed by atoms with Gasteiger partial charge in [0, 0.05) is 6.92 Å². The molecule has 166 valence electrons. The van der Waals surface area contributed by atoms with E-state index in [0.29, 0.717) is 39.6 Å². The van der Waals surface area contributed by atoms with Gasteiger partial charge in [-0.1, -0.05) is 6.07 Å². The molecular weight excluding hydrogens is 412 g/mol. The first kappa shape index (κ1) is 22.7. The molecule has 0 unspecified atom stereocenters. The van der Waals surface area contributed by atoms with E-state index in [1.807, 2.05) is 0 Å². The number of ether oxygens (including phenoxy) is 3. The molecule has 0 fully saturated rings. The molecule has 0 aliphatic carbocycles. The lowest BCUT2D eigenvalue weighted by atomic mass is 10.1. The zero-order valence-corrected chi connectivity index (χ0v) is 18.5. The largest absolute Gasteiger partial charge is 0.493 e. The molecule has 3 rings (SSSR count). The zero-order valence-electron chi connectivity index (χ0n) is 18.5. The minimum absolute atomic E-state index is 0.219. The van der Waals surface area contributed by atoms with E-state index in [1.54, 1.807) is 69.3 Å². The Hall–Kier alpha value is -3.94. The number of rotatable bonds is 6. The maximum Gasteiger partial charge on any atom is 0.338 e. The molecule has 8 nitrogen and oxygen atoms in total. The lowest BCUT2D eigenvalue weighted by Crippen LogP contribution is -2.21. The zero-order chi connectivity index (χ0) is 23.4. The van der Waals surface area contributed by atoms with Gasteiger partial charge in [-0.3, -0.25) is 9.59 Å². The van der Waals surface area contributed by atoms with Gasteiger partial charge in [-0.25, -0.2) is 4.79 Å². The lowest BCUT2D eigenvalue weighted by Gasteiger charge is -2.13. The molecule has 2 aromatic rings. The average molecular weight is 436 g/mol. The molecule has 0 aromatic heterocycles. The van der Waals surface area contributed by atoms with Crippen molar-refractivity contribution in [3.63, 3.8) is 0 Å². The molecule has 0 spiro atoms. The van der Waals surface area contributed by atoms with Crippen molar-refractivity contribution in [3.05, 3.63) is 59.2 Å². The lowest BCUT2D eigenvalue weighted by molar-refractivity contribution is -0.132. The summed E-state index contributed by atoms with van der Waals surface area (Å²) < 4.78 is 15.6. The standard InChI is InChI=1S/C24H24N2O6/c1-14(2)31-24(29)18-7-9-19(10-8-18)26-23(28)20(15(3)25-26)12-17-6-11-21(32-16(4)27)22(13-17)30-5/h6-14H,1-5H3/b20-12-. The summed E-state index contributed by atoms with van der Waals surface area (Å²) in [5, 5.41) is 5.64. The van der Waals surface area contributed by atoms with Gasteiger partial charge >= 0.3 is 11.9 Å². The van der Waals surface area contributed by atoms with Crippen LogP contribution in [0.1, 0.15) is 43.6 Å². The Balaban J connectivity index is 1.83. The van der Waals surface area contributed by atoms with Gasteiger partial charge in [0.2, 0.25) is 0 Å². The van der Waals surface area contributed by atoms with Crippen LogP contribution in [-0.2, 0) is 14.3 Å². The summed E-state index contributed by atoms with van der Waals surface area (Å²) in [6, 6.07) is 11.5. The van der Waals surface area contributed by atoms with E-state index < -0.39 is 11.9 Å². The number of hydrogen-bond acceptors (Lipinski definition) is 7. The molecule has 0 radical (unpaired) electrons. The Labute approximate surface area is 186 Å². The summed E-state index contributed by atoms with van der Waals surface area (Å²) in [5.41, 5.74) is 2.56. The van der Waals surface area contributed by atoms with E-state index in [-0.39, 0.29) is 12.0 Å². The molecule has 0 atom stereocenters. The molecule has 32 heavy (non-hydrogen) atoms. The predicted octanol–water partition coefficient (Wildman–Crippen LogP) is 3.99. The Morgan fingerprint density at radius 1 is 1.06 bits per heavy atom. The minimum Gasteiger partial charge on any atom is -0.493 e. The first-order chi connectivity index (χ1) is 15.2. The number of nitrogens with zero attached hydrogens (tertiary/aromatic N) is 2. The summed E-state index contributed by atoms with van der Waals surface area (Å²) in [7, 11) is 1.47. The highest BCUT2D eigenvalue weighted by Crippen LogP contribution is 2.31. The Kier molecular flexibility index (Phi) is 6.73. The number of amides is 1. The van der Waals surface area contributed by atoms with Crippen molar-refractivity contribution in [1.82, 2.24) is 0 Å². The Morgan fingerprint density at radius 3 is 2.34 bits per heavy atom. The minimum atomic E-state index is -0.456. The Morgan fingerprint density at radius 2 is 1.75 bits per heavy atom. The third-order valence-corrected chi connectivity index (χ3v) is 4.51. The van der Waals surface area contributed by atoms with Crippen LogP contribution in [0.4, 0.5) is 5.69 Å². The van der Waals surface area contributed by atoms with Crippen LogP contribution < -0.4 is 14.5 Å². The van der Waals surface area contributed by atoms with Crippen molar-refractivity contribution in [2.24, 2.45) is 5.10 Å².